The van der Waals surface area contributed by atoms with E-state index in [1.165, 1.54) is 6.07 Å². The van der Waals surface area contributed by atoms with Crippen LogP contribution in [0.5, 0.6) is 0 Å². The Balaban J connectivity index is 0.000000980. The van der Waals surface area contributed by atoms with Crippen LogP contribution in [0.25, 0.3) is 10.9 Å². The van der Waals surface area contributed by atoms with Gasteiger partial charge in [-0.2, -0.15) is 0 Å². The molecule has 0 atom stereocenters. The Morgan fingerprint density at radius 3 is 2.79 bits per heavy atom. The van der Waals surface area contributed by atoms with E-state index in [1.807, 2.05) is 0 Å². The van der Waals surface area contributed by atoms with Crippen molar-refractivity contribution < 1.29 is 9.90 Å². The monoisotopic (exact) mass is 210 g/mol. The molecule has 2 heterocycles. The van der Waals surface area contributed by atoms with E-state index in [0.717, 1.165) is 5.39 Å². The molecule has 0 saturated carbocycles. The van der Waals surface area contributed by atoms with E-state index in [1.54, 1.807) is 24.5 Å². The molecule has 0 aliphatic heterocycles. The SMILES string of the molecule is Cl.O=C(O)c1ccc2cnccc2n1. The minimum absolute atomic E-state index is 0. The van der Waals surface area contributed by atoms with Crippen molar-refractivity contribution in [3.63, 3.8) is 0 Å². The molecule has 0 radical (unpaired) electrons. The average molecular weight is 211 g/mol. The van der Waals surface area contributed by atoms with Crippen LogP contribution in [0.2, 0.25) is 0 Å². The number of carboxylic acids is 1. The van der Waals surface area contributed by atoms with Gasteiger partial charge in [0.05, 0.1) is 5.52 Å². The molecule has 1 N–H and O–H groups in total. The molecular weight excluding hydrogens is 204 g/mol. The van der Waals surface area contributed by atoms with Crippen molar-refractivity contribution in [2.75, 3.05) is 0 Å². The number of aromatic carboxylic acids is 1. The zero-order chi connectivity index (χ0) is 9.26. The summed E-state index contributed by atoms with van der Waals surface area (Å²) in [6.45, 7) is 0. The van der Waals surface area contributed by atoms with Gasteiger partial charge in [-0.3, -0.25) is 4.98 Å². The maximum atomic E-state index is 10.6. The van der Waals surface area contributed by atoms with Gasteiger partial charge in [0, 0.05) is 17.8 Å². The molecule has 2 aromatic heterocycles. The summed E-state index contributed by atoms with van der Waals surface area (Å²) in [5.74, 6) is -1.02. The van der Waals surface area contributed by atoms with Crippen LogP contribution < -0.4 is 0 Å². The van der Waals surface area contributed by atoms with E-state index in [9.17, 15) is 4.79 Å². The lowest BCUT2D eigenvalue weighted by molar-refractivity contribution is 0.0691. The normalized spacial score (nSPS) is 9.43. The highest BCUT2D eigenvalue weighted by Crippen LogP contribution is 2.09. The van der Waals surface area contributed by atoms with Crippen LogP contribution >= 0.6 is 12.4 Å². The van der Waals surface area contributed by atoms with Crippen molar-refractivity contribution >= 4 is 29.3 Å². The Morgan fingerprint density at radius 2 is 2.07 bits per heavy atom. The third kappa shape index (κ3) is 1.80. The highest BCUT2D eigenvalue weighted by atomic mass is 35.5. The predicted octanol–water partition coefficient (Wildman–Crippen LogP) is 1.75. The lowest BCUT2D eigenvalue weighted by Gasteiger charge is -1.96. The number of carboxylic acid groups (broad SMARTS) is 1. The highest BCUT2D eigenvalue weighted by Gasteiger charge is 2.04. The Hall–Kier alpha value is -1.68. The first-order valence-electron chi connectivity index (χ1n) is 3.71. The molecule has 0 saturated heterocycles. The molecule has 0 fully saturated rings. The fourth-order valence-corrected chi connectivity index (χ4v) is 1.08. The van der Waals surface area contributed by atoms with Crippen LogP contribution in [0.15, 0.2) is 30.6 Å². The van der Waals surface area contributed by atoms with E-state index in [4.69, 9.17) is 5.11 Å². The van der Waals surface area contributed by atoms with Gasteiger partial charge in [0.2, 0.25) is 0 Å². The van der Waals surface area contributed by atoms with Gasteiger partial charge in [0.25, 0.3) is 0 Å². The maximum Gasteiger partial charge on any atom is 0.354 e. The van der Waals surface area contributed by atoms with Crippen molar-refractivity contribution in [1.29, 1.82) is 0 Å². The number of hydrogen-bond acceptors (Lipinski definition) is 3. The number of rotatable bonds is 1. The number of pyridine rings is 2. The molecule has 0 amide bonds. The van der Waals surface area contributed by atoms with E-state index >= 15 is 0 Å². The summed E-state index contributed by atoms with van der Waals surface area (Å²) in [7, 11) is 0. The number of aromatic nitrogens is 2. The molecule has 0 aliphatic carbocycles. The Morgan fingerprint density at radius 1 is 1.29 bits per heavy atom. The van der Waals surface area contributed by atoms with Gasteiger partial charge >= 0.3 is 5.97 Å². The molecule has 14 heavy (non-hydrogen) atoms. The molecule has 0 aliphatic rings. The second-order valence-electron chi connectivity index (χ2n) is 2.57. The van der Waals surface area contributed by atoms with Crippen molar-refractivity contribution in [2.24, 2.45) is 0 Å². The van der Waals surface area contributed by atoms with E-state index in [2.05, 4.69) is 9.97 Å². The molecule has 0 unspecified atom stereocenters. The Kier molecular flexibility index (Phi) is 2.99. The van der Waals surface area contributed by atoms with Crippen LogP contribution in [0.4, 0.5) is 0 Å². The second kappa shape index (κ2) is 4.02. The van der Waals surface area contributed by atoms with Gasteiger partial charge in [-0.05, 0) is 18.2 Å². The summed E-state index contributed by atoms with van der Waals surface area (Å²) < 4.78 is 0. The number of hydrogen-bond donors (Lipinski definition) is 1. The number of fused-ring (bicyclic) bond motifs is 1. The summed E-state index contributed by atoms with van der Waals surface area (Å²) in [6.07, 6.45) is 3.23. The first-order chi connectivity index (χ1) is 6.27. The van der Waals surface area contributed by atoms with Gasteiger partial charge in [-0.1, -0.05) is 0 Å². The second-order valence-corrected chi connectivity index (χ2v) is 2.57. The Bertz CT molecular complexity index is 473. The van der Waals surface area contributed by atoms with Crippen LogP contribution in [0, 0.1) is 0 Å². The van der Waals surface area contributed by atoms with Crippen molar-refractivity contribution in [3.8, 4) is 0 Å². The standard InChI is InChI=1S/C9H6N2O2.ClH/c12-9(13)8-2-1-6-5-10-4-3-7(6)11-8;/h1-5H,(H,12,13);1H. The van der Waals surface area contributed by atoms with E-state index in [0.29, 0.717) is 5.52 Å². The first kappa shape index (κ1) is 10.4. The van der Waals surface area contributed by atoms with Crippen molar-refractivity contribution in [2.45, 2.75) is 0 Å². The summed E-state index contributed by atoms with van der Waals surface area (Å²) in [6, 6.07) is 4.84. The molecular formula is C9H7ClN2O2. The summed E-state index contributed by atoms with van der Waals surface area (Å²) >= 11 is 0. The molecule has 2 rings (SSSR count). The molecule has 2 aromatic rings. The van der Waals surface area contributed by atoms with Crippen molar-refractivity contribution in [3.05, 3.63) is 36.3 Å². The third-order valence-electron chi connectivity index (χ3n) is 1.71. The first-order valence-corrected chi connectivity index (χ1v) is 3.71. The molecule has 0 spiro atoms. The Labute approximate surface area is 86.0 Å². The number of nitrogens with zero attached hydrogens (tertiary/aromatic N) is 2. The lowest BCUT2D eigenvalue weighted by atomic mass is 10.2. The van der Waals surface area contributed by atoms with E-state index < -0.39 is 5.97 Å². The predicted molar refractivity (Wildman–Crippen MR) is 53.7 cm³/mol. The van der Waals surface area contributed by atoms with Crippen LogP contribution in [-0.4, -0.2) is 21.0 Å². The average Bonchev–Trinajstić information content (AvgIpc) is 2.17. The van der Waals surface area contributed by atoms with Gasteiger partial charge in [-0.15, -0.1) is 12.4 Å². The fraction of sp³-hybridized carbons (Fsp3) is 0. The minimum atomic E-state index is -1.02. The fourth-order valence-electron chi connectivity index (χ4n) is 1.08. The summed E-state index contributed by atoms with van der Waals surface area (Å²) in [5, 5.41) is 9.51. The third-order valence-corrected chi connectivity index (χ3v) is 1.71. The van der Waals surface area contributed by atoms with Crippen LogP contribution in [-0.2, 0) is 0 Å². The van der Waals surface area contributed by atoms with Gasteiger partial charge in [0.15, 0.2) is 0 Å². The summed E-state index contributed by atoms with van der Waals surface area (Å²) in [4.78, 5) is 18.4. The maximum absolute atomic E-state index is 10.6. The van der Waals surface area contributed by atoms with Gasteiger partial charge in [-0.25, -0.2) is 9.78 Å². The molecule has 72 valence electrons. The zero-order valence-electron chi connectivity index (χ0n) is 7.04. The quantitative estimate of drug-likeness (QED) is 0.779. The lowest BCUT2D eigenvalue weighted by Crippen LogP contribution is -1.99. The largest absolute Gasteiger partial charge is 0.477 e. The molecule has 0 bridgehead atoms. The van der Waals surface area contributed by atoms with Crippen LogP contribution in [0.3, 0.4) is 0 Å². The van der Waals surface area contributed by atoms with Crippen LogP contribution in [0.1, 0.15) is 10.5 Å². The molecule has 4 nitrogen and oxygen atoms in total. The topological polar surface area (TPSA) is 63.1 Å². The number of halogens is 1. The van der Waals surface area contributed by atoms with Gasteiger partial charge in [0.1, 0.15) is 5.69 Å². The summed E-state index contributed by atoms with van der Waals surface area (Å²) in [5.41, 5.74) is 0.702. The zero-order valence-corrected chi connectivity index (χ0v) is 7.86. The minimum Gasteiger partial charge on any atom is -0.477 e. The smallest absolute Gasteiger partial charge is 0.354 e. The van der Waals surface area contributed by atoms with E-state index in [-0.39, 0.29) is 18.1 Å². The molecule has 5 heteroatoms. The van der Waals surface area contributed by atoms with Crippen molar-refractivity contribution in [1.82, 2.24) is 9.97 Å². The number of carbonyl (C=O) groups is 1. The van der Waals surface area contributed by atoms with Gasteiger partial charge < -0.3 is 5.11 Å². The highest BCUT2D eigenvalue weighted by molar-refractivity contribution is 5.89. The molecule has 0 aromatic carbocycles.